The van der Waals surface area contributed by atoms with Crippen molar-refractivity contribution in [1.82, 2.24) is 19.7 Å². The second kappa shape index (κ2) is 7.46. The van der Waals surface area contributed by atoms with Gasteiger partial charge in [-0.1, -0.05) is 35.5 Å². The van der Waals surface area contributed by atoms with Gasteiger partial charge < -0.3 is 4.74 Å². The molecule has 3 rings (SSSR count). The molecule has 0 amide bonds. The topological polar surface area (TPSA) is 69.9 Å². The Labute approximate surface area is 147 Å². The minimum Gasteiger partial charge on any atom is -0.468 e. The van der Waals surface area contributed by atoms with Gasteiger partial charge in [-0.15, -0.1) is 10.2 Å². The van der Waals surface area contributed by atoms with Crippen LogP contribution in [0, 0.1) is 0 Å². The van der Waals surface area contributed by atoms with Crippen LogP contribution in [0.5, 0.6) is 0 Å². The number of hydrogen-bond donors (Lipinski definition) is 0. The van der Waals surface area contributed by atoms with Crippen LogP contribution in [-0.2, 0) is 9.53 Å². The number of thioether (sulfide) groups is 1. The zero-order valence-electron chi connectivity index (χ0n) is 12.7. The molecule has 0 atom stereocenters. The smallest absolute Gasteiger partial charge is 0.316 e. The standard InChI is InChI=1S/C16H13ClN4O2S/c1-23-14(22)10-24-16-20-19-15(11-6-8-18-9-7-11)21(16)13-5-3-2-4-12(13)17/h2-9H,10H2,1H3. The molecule has 2 heterocycles. The number of ether oxygens (including phenoxy) is 1. The number of rotatable bonds is 5. The summed E-state index contributed by atoms with van der Waals surface area (Å²) in [5.41, 5.74) is 1.59. The Morgan fingerprint density at radius 1 is 1.21 bits per heavy atom. The lowest BCUT2D eigenvalue weighted by atomic mass is 10.2. The molecule has 6 nitrogen and oxygen atoms in total. The number of aromatic nitrogens is 4. The third-order valence-electron chi connectivity index (χ3n) is 3.21. The predicted octanol–water partition coefficient (Wildman–Crippen LogP) is 3.25. The summed E-state index contributed by atoms with van der Waals surface area (Å²) in [6, 6.07) is 11.1. The summed E-state index contributed by atoms with van der Waals surface area (Å²) in [6.45, 7) is 0. The Bertz CT molecular complexity index is 854. The first-order chi connectivity index (χ1) is 11.7. The van der Waals surface area contributed by atoms with Gasteiger partial charge in [-0.25, -0.2) is 0 Å². The highest BCUT2D eigenvalue weighted by molar-refractivity contribution is 7.99. The zero-order chi connectivity index (χ0) is 16.9. The van der Waals surface area contributed by atoms with Crippen molar-refractivity contribution < 1.29 is 9.53 Å². The lowest BCUT2D eigenvalue weighted by Crippen LogP contribution is -2.06. The predicted molar refractivity (Wildman–Crippen MR) is 92.3 cm³/mol. The third kappa shape index (κ3) is 3.42. The molecule has 0 radical (unpaired) electrons. The van der Waals surface area contributed by atoms with E-state index in [0.717, 1.165) is 11.3 Å². The Hall–Kier alpha value is -2.38. The van der Waals surface area contributed by atoms with Crippen LogP contribution in [0.2, 0.25) is 5.02 Å². The molecule has 2 aromatic heterocycles. The second-order valence-corrected chi connectivity index (χ2v) is 6.04. The van der Waals surface area contributed by atoms with Crippen LogP contribution >= 0.6 is 23.4 Å². The van der Waals surface area contributed by atoms with Gasteiger partial charge in [-0.3, -0.25) is 14.3 Å². The van der Waals surface area contributed by atoms with Crippen molar-refractivity contribution in [2.75, 3.05) is 12.9 Å². The fourth-order valence-corrected chi connectivity index (χ4v) is 3.08. The van der Waals surface area contributed by atoms with Gasteiger partial charge >= 0.3 is 5.97 Å². The van der Waals surface area contributed by atoms with Gasteiger partial charge in [0.25, 0.3) is 0 Å². The Balaban J connectivity index is 2.09. The summed E-state index contributed by atoms with van der Waals surface area (Å²) in [4.78, 5) is 15.5. The first-order valence-corrected chi connectivity index (χ1v) is 8.37. The van der Waals surface area contributed by atoms with E-state index in [-0.39, 0.29) is 11.7 Å². The molecule has 0 fully saturated rings. The maximum absolute atomic E-state index is 11.4. The molecule has 0 spiro atoms. The fraction of sp³-hybridized carbons (Fsp3) is 0.125. The number of para-hydroxylation sites is 1. The van der Waals surface area contributed by atoms with E-state index in [2.05, 4.69) is 19.9 Å². The van der Waals surface area contributed by atoms with Gasteiger partial charge in [0.05, 0.1) is 23.6 Å². The van der Waals surface area contributed by atoms with Crippen molar-refractivity contribution in [3.8, 4) is 17.1 Å². The van der Waals surface area contributed by atoms with Gasteiger partial charge in [0.2, 0.25) is 0 Å². The third-order valence-corrected chi connectivity index (χ3v) is 4.43. The summed E-state index contributed by atoms with van der Waals surface area (Å²) < 4.78 is 6.51. The van der Waals surface area contributed by atoms with Gasteiger partial charge in [0, 0.05) is 18.0 Å². The molecule has 0 aliphatic heterocycles. The summed E-state index contributed by atoms with van der Waals surface area (Å²) in [5.74, 6) is 0.423. The van der Waals surface area contributed by atoms with E-state index >= 15 is 0 Å². The molecule has 0 saturated heterocycles. The molecule has 24 heavy (non-hydrogen) atoms. The summed E-state index contributed by atoms with van der Waals surface area (Å²) in [5, 5.41) is 9.58. The van der Waals surface area contributed by atoms with Crippen LogP contribution in [0.1, 0.15) is 0 Å². The highest BCUT2D eigenvalue weighted by Gasteiger charge is 2.18. The van der Waals surface area contributed by atoms with Crippen LogP contribution < -0.4 is 0 Å². The number of nitrogens with zero attached hydrogens (tertiary/aromatic N) is 4. The zero-order valence-corrected chi connectivity index (χ0v) is 14.3. The number of hydrogen-bond acceptors (Lipinski definition) is 6. The average Bonchev–Trinajstić information content (AvgIpc) is 3.04. The number of carbonyl (C=O) groups excluding carboxylic acids is 1. The maximum atomic E-state index is 11.4. The first kappa shape index (κ1) is 16.5. The SMILES string of the molecule is COC(=O)CSc1nnc(-c2ccncc2)n1-c1ccccc1Cl. The van der Waals surface area contributed by atoms with E-state index < -0.39 is 0 Å². The summed E-state index contributed by atoms with van der Waals surface area (Å²) in [6.07, 6.45) is 3.37. The number of benzene rings is 1. The van der Waals surface area contributed by atoms with E-state index in [9.17, 15) is 4.79 Å². The molecule has 1 aromatic carbocycles. The van der Waals surface area contributed by atoms with Crippen molar-refractivity contribution in [3.63, 3.8) is 0 Å². The Kier molecular flexibility index (Phi) is 5.12. The molecule has 0 saturated carbocycles. The summed E-state index contributed by atoms with van der Waals surface area (Å²) >= 11 is 7.59. The van der Waals surface area contributed by atoms with E-state index in [1.54, 1.807) is 18.5 Å². The van der Waals surface area contributed by atoms with E-state index in [4.69, 9.17) is 11.6 Å². The largest absolute Gasteiger partial charge is 0.468 e. The number of carbonyl (C=O) groups is 1. The number of methoxy groups -OCH3 is 1. The maximum Gasteiger partial charge on any atom is 0.316 e. The highest BCUT2D eigenvalue weighted by Crippen LogP contribution is 2.31. The number of pyridine rings is 1. The Morgan fingerprint density at radius 3 is 2.67 bits per heavy atom. The lowest BCUT2D eigenvalue weighted by molar-refractivity contribution is -0.137. The van der Waals surface area contributed by atoms with Crippen LogP contribution in [-0.4, -0.2) is 38.6 Å². The lowest BCUT2D eigenvalue weighted by Gasteiger charge is -2.11. The normalized spacial score (nSPS) is 10.6. The van der Waals surface area contributed by atoms with E-state index in [0.29, 0.717) is 16.0 Å². The quantitative estimate of drug-likeness (QED) is 0.514. The molecule has 0 aliphatic rings. The van der Waals surface area contributed by atoms with Gasteiger partial charge in [0.15, 0.2) is 11.0 Å². The molecule has 8 heteroatoms. The Morgan fingerprint density at radius 2 is 1.96 bits per heavy atom. The molecular formula is C16H13ClN4O2S. The number of halogens is 1. The minimum absolute atomic E-state index is 0.134. The van der Waals surface area contributed by atoms with Gasteiger partial charge in [-0.05, 0) is 24.3 Å². The summed E-state index contributed by atoms with van der Waals surface area (Å²) in [7, 11) is 1.35. The monoisotopic (exact) mass is 360 g/mol. The van der Waals surface area contributed by atoms with E-state index in [1.165, 1.54) is 18.9 Å². The molecule has 122 valence electrons. The number of esters is 1. The van der Waals surface area contributed by atoms with Crippen molar-refractivity contribution in [3.05, 3.63) is 53.8 Å². The molecule has 0 unspecified atom stereocenters. The van der Waals surface area contributed by atoms with Crippen molar-refractivity contribution in [2.24, 2.45) is 0 Å². The van der Waals surface area contributed by atoms with Gasteiger partial charge in [0.1, 0.15) is 0 Å². The van der Waals surface area contributed by atoms with Crippen molar-refractivity contribution in [1.29, 1.82) is 0 Å². The molecule has 0 N–H and O–H groups in total. The average molecular weight is 361 g/mol. The van der Waals surface area contributed by atoms with Crippen LogP contribution in [0.25, 0.3) is 17.1 Å². The van der Waals surface area contributed by atoms with Crippen molar-refractivity contribution in [2.45, 2.75) is 5.16 Å². The van der Waals surface area contributed by atoms with Crippen LogP contribution in [0.3, 0.4) is 0 Å². The van der Waals surface area contributed by atoms with Crippen LogP contribution in [0.4, 0.5) is 0 Å². The highest BCUT2D eigenvalue weighted by atomic mass is 35.5. The minimum atomic E-state index is -0.334. The van der Waals surface area contributed by atoms with Crippen LogP contribution in [0.15, 0.2) is 53.9 Å². The molecule has 3 aromatic rings. The molecular weight excluding hydrogens is 348 g/mol. The fourth-order valence-electron chi connectivity index (χ4n) is 2.08. The molecule has 0 bridgehead atoms. The first-order valence-electron chi connectivity index (χ1n) is 7.01. The van der Waals surface area contributed by atoms with Crippen molar-refractivity contribution >= 4 is 29.3 Å². The van der Waals surface area contributed by atoms with Gasteiger partial charge in [-0.2, -0.15) is 0 Å². The molecule has 0 aliphatic carbocycles. The second-order valence-electron chi connectivity index (χ2n) is 4.69. The van der Waals surface area contributed by atoms with E-state index in [1.807, 2.05) is 34.9 Å².